The smallest absolute Gasteiger partial charge is 0.335 e. The van der Waals surface area contributed by atoms with Crippen molar-refractivity contribution >= 4 is 28.6 Å². The lowest BCUT2D eigenvalue weighted by molar-refractivity contribution is 0.0697. The van der Waals surface area contributed by atoms with Gasteiger partial charge in [-0.25, -0.2) is 14.2 Å². The van der Waals surface area contributed by atoms with Crippen molar-refractivity contribution in [3.05, 3.63) is 52.8 Å². The Hall–Kier alpha value is -2.40. The first-order chi connectivity index (χ1) is 9.97. The van der Waals surface area contributed by atoms with Crippen LogP contribution in [-0.4, -0.2) is 20.6 Å². The summed E-state index contributed by atoms with van der Waals surface area (Å²) in [4.78, 5) is 15.3. The maximum atomic E-state index is 14.0. The number of carboxylic acid groups (broad SMARTS) is 1. The summed E-state index contributed by atoms with van der Waals surface area (Å²) in [5.74, 6) is -1.08. The van der Waals surface area contributed by atoms with Gasteiger partial charge in [-0.2, -0.15) is 0 Å². The first-order valence-corrected chi connectivity index (χ1v) is 6.50. The summed E-state index contributed by atoms with van der Waals surface area (Å²) in [6, 6.07) is 8.98. The third-order valence-corrected chi connectivity index (χ3v) is 3.53. The second-order valence-electron chi connectivity index (χ2n) is 4.63. The van der Waals surface area contributed by atoms with Crippen molar-refractivity contribution in [1.82, 2.24) is 9.55 Å². The van der Waals surface area contributed by atoms with E-state index in [9.17, 15) is 9.18 Å². The molecule has 21 heavy (non-hydrogen) atoms. The number of fused-ring (bicyclic) bond motifs is 1. The molecule has 0 aliphatic rings. The number of halogens is 2. The van der Waals surface area contributed by atoms with E-state index in [0.29, 0.717) is 21.9 Å². The number of aromatic nitrogens is 2. The zero-order chi connectivity index (χ0) is 15.1. The Morgan fingerprint density at radius 1 is 1.29 bits per heavy atom. The molecule has 0 amide bonds. The van der Waals surface area contributed by atoms with Gasteiger partial charge in [-0.3, -0.25) is 0 Å². The summed E-state index contributed by atoms with van der Waals surface area (Å²) >= 11 is 5.75. The van der Waals surface area contributed by atoms with Gasteiger partial charge in [0, 0.05) is 12.1 Å². The summed E-state index contributed by atoms with van der Waals surface area (Å²) in [5.41, 5.74) is 1.69. The molecule has 0 radical (unpaired) electrons. The van der Waals surface area contributed by atoms with Crippen molar-refractivity contribution in [2.75, 3.05) is 0 Å². The lowest BCUT2D eigenvalue weighted by Gasteiger charge is -2.04. The molecule has 106 valence electrons. The van der Waals surface area contributed by atoms with Crippen LogP contribution < -0.4 is 0 Å². The molecule has 6 heteroatoms. The first-order valence-electron chi connectivity index (χ1n) is 6.12. The van der Waals surface area contributed by atoms with Gasteiger partial charge >= 0.3 is 5.97 Å². The van der Waals surface area contributed by atoms with E-state index in [-0.39, 0.29) is 5.56 Å². The molecule has 2 aromatic carbocycles. The molecule has 0 aliphatic heterocycles. The number of aromatic carboxylic acids is 1. The first kappa shape index (κ1) is 13.6. The van der Waals surface area contributed by atoms with Gasteiger partial charge in [0.15, 0.2) is 0 Å². The van der Waals surface area contributed by atoms with E-state index in [1.54, 1.807) is 29.8 Å². The molecule has 0 unspecified atom stereocenters. The summed E-state index contributed by atoms with van der Waals surface area (Å²) in [5, 5.41) is 9.31. The van der Waals surface area contributed by atoms with Crippen molar-refractivity contribution < 1.29 is 14.3 Å². The quantitative estimate of drug-likeness (QED) is 0.785. The Kier molecular flexibility index (Phi) is 3.14. The Labute approximate surface area is 124 Å². The Balaban J connectivity index is 2.23. The zero-order valence-electron chi connectivity index (χ0n) is 11.0. The van der Waals surface area contributed by atoms with Gasteiger partial charge in [-0.05, 0) is 36.4 Å². The van der Waals surface area contributed by atoms with Crippen LogP contribution in [0.5, 0.6) is 0 Å². The number of nitrogens with zero attached hydrogens (tertiary/aromatic N) is 2. The molecule has 0 saturated heterocycles. The van der Waals surface area contributed by atoms with Gasteiger partial charge in [0.25, 0.3) is 0 Å². The average molecular weight is 305 g/mol. The van der Waals surface area contributed by atoms with Crippen molar-refractivity contribution in [1.29, 1.82) is 0 Å². The SMILES string of the molecule is Cn1c(-c2ccc(Cl)cc2F)nc2cc(C(=O)O)ccc21. The predicted octanol–water partition coefficient (Wildman–Crippen LogP) is 3.73. The Morgan fingerprint density at radius 3 is 2.71 bits per heavy atom. The van der Waals surface area contributed by atoms with Crippen LogP contribution in [0, 0.1) is 5.82 Å². The van der Waals surface area contributed by atoms with Gasteiger partial charge in [0.1, 0.15) is 11.6 Å². The number of aryl methyl sites for hydroxylation is 1. The third kappa shape index (κ3) is 2.25. The normalized spacial score (nSPS) is 11.0. The molecule has 4 nitrogen and oxygen atoms in total. The highest BCUT2D eigenvalue weighted by molar-refractivity contribution is 6.30. The van der Waals surface area contributed by atoms with Crippen LogP contribution in [0.4, 0.5) is 4.39 Å². The standard InChI is InChI=1S/C15H10ClFN2O2/c1-19-13-5-2-8(15(20)21)6-12(13)18-14(19)10-4-3-9(16)7-11(10)17/h2-7H,1H3,(H,20,21). The fourth-order valence-electron chi connectivity index (χ4n) is 2.24. The second kappa shape index (κ2) is 4.86. The van der Waals surface area contributed by atoms with Crippen LogP contribution in [-0.2, 0) is 7.05 Å². The minimum absolute atomic E-state index is 0.142. The summed E-state index contributed by atoms with van der Waals surface area (Å²) in [6.07, 6.45) is 0. The maximum absolute atomic E-state index is 14.0. The lowest BCUT2D eigenvalue weighted by atomic mass is 10.2. The van der Waals surface area contributed by atoms with Crippen LogP contribution in [0.25, 0.3) is 22.4 Å². The minimum atomic E-state index is -1.03. The van der Waals surface area contributed by atoms with Gasteiger partial charge in [0.05, 0.1) is 22.2 Å². The lowest BCUT2D eigenvalue weighted by Crippen LogP contribution is -1.96. The van der Waals surface area contributed by atoms with Crippen LogP contribution in [0.3, 0.4) is 0 Å². The zero-order valence-corrected chi connectivity index (χ0v) is 11.7. The van der Waals surface area contributed by atoms with E-state index in [1.807, 2.05) is 0 Å². The highest BCUT2D eigenvalue weighted by Crippen LogP contribution is 2.28. The molecule has 0 aliphatic carbocycles. The van der Waals surface area contributed by atoms with E-state index in [1.165, 1.54) is 18.2 Å². The fourth-order valence-corrected chi connectivity index (χ4v) is 2.40. The molecule has 0 fully saturated rings. The van der Waals surface area contributed by atoms with E-state index in [0.717, 1.165) is 5.52 Å². The van der Waals surface area contributed by atoms with Crippen molar-refractivity contribution in [3.8, 4) is 11.4 Å². The van der Waals surface area contributed by atoms with E-state index in [2.05, 4.69) is 4.98 Å². The van der Waals surface area contributed by atoms with E-state index < -0.39 is 11.8 Å². The molecule has 1 N–H and O–H groups in total. The van der Waals surface area contributed by atoms with Crippen molar-refractivity contribution in [3.63, 3.8) is 0 Å². The number of imidazole rings is 1. The number of carboxylic acids is 1. The number of benzene rings is 2. The van der Waals surface area contributed by atoms with Gasteiger partial charge < -0.3 is 9.67 Å². The minimum Gasteiger partial charge on any atom is -0.478 e. The predicted molar refractivity (Wildman–Crippen MR) is 78.1 cm³/mol. The van der Waals surface area contributed by atoms with E-state index >= 15 is 0 Å². The third-order valence-electron chi connectivity index (χ3n) is 3.30. The van der Waals surface area contributed by atoms with Crippen LogP contribution in [0.2, 0.25) is 5.02 Å². The molecule has 3 aromatic rings. The monoisotopic (exact) mass is 304 g/mol. The molecule has 1 heterocycles. The second-order valence-corrected chi connectivity index (χ2v) is 5.06. The van der Waals surface area contributed by atoms with Gasteiger partial charge in [-0.15, -0.1) is 0 Å². The van der Waals surface area contributed by atoms with Crippen LogP contribution >= 0.6 is 11.6 Å². The Bertz CT molecular complexity index is 873. The van der Waals surface area contributed by atoms with Gasteiger partial charge in [0.2, 0.25) is 0 Å². The average Bonchev–Trinajstić information content (AvgIpc) is 2.75. The molecule has 0 atom stereocenters. The molecule has 0 spiro atoms. The summed E-state index contributed by atoms with van der Waals surface area (Å²) in [6.45, 7) is 0. The maximum Gasteiger partial charge on any atom is 0.335 e. The van der Waals surface area contributed by atoms with Gasteiger partial charge in [-0.1, -0.05) is 11.6 Å². The molecule has 3 rings (SSSR count). The van der Waals surface area contributed by atoms with Crippen molar-refractivity contribution in [2.24, 2.45) is 7.05 Å². The summed E-state index contributed by atoms with van der Waals surface area (Å²) < 4.78 is 15.7. The highest BCUT2D eigenvalue weighted by Gasteiger charge is 2.15. The Morgan fingerprint density at radius 2 is 2.05 bits per heavy atom. The number of rotatable bonds is 2. The van der Waals surface area contributed by atoms with Crippen LogP contribution in [0.15, 0.2) is 36.4 Å². The largest absolute Gasteiger partial charge is 0.478 e. The summed E-state index contributed by atoms with van der Waals surface area (Å²) in [7, 11) is 1.75. The van der Waals surface area contributed by atoms with Crippen molar-refractivity contribution in [2.45, 2.75) is 0 Å². The number of hydrogen-bond donors (Lipinski definition) is 1. The highest BCUT2D eigenvalue weighted by atomic mass is 35.5. The topological polar surface area (TPSA) is 55.1 Å². The molecular weight excluding hydrogens is 295 g/mol. The van der Waals surface area contributed by atoms with Crippen LogP contribution in [0.1, 0.15) is 10.4 Å². The molecule has 0 bridgehead atoms. The number of carbonyl (C=O) groups is 1. The fraction of sp³-hybridized carbons (Fsp3) is 0.0667. The molecule has 1 aromatic heterocycles. The van der Waals surface area contributed by atoms with E-state index in [4.69, 9.17) is 16.7 Å². The molecular formula is C15H10ClFN2O2. The number of hydrogen-bond acceptors (Lipinski definition) is 2. The molecule has 0 saturated carbocycles.